The summed E-state index contributed by atoms with van der Waals surface area (Å²) in [5.41, 5.74) is 6.45. The van der Waals surface area contributed by atoms with Gasteiger partial charge in [0.25, 0.3) is 0 Å². The first kappa shape index (κ1) is 17.0. The molecule has 2 atom stereocenters. The summed E-state index contributed by atoms with van der Waals surface area (Å²) in [6.07, 6.45) is 2.83. The molecule has 1 rings (SSSR count). The Hall–Kier alpha value is -0.458. The number of nitrogens with two attached hydrogens (primary N) is 1. The van der Waals surface area contributed by atoms with Gasteiger partial charge in [-0.2, -0.15) is 0 Å². The average molecular weight is 430 g/mol. The Bertz CT molecular complexity index is 297. The van der Waals surface area contributed by atoms with E-state index in [1.165, 1.54) is 12.4 Å². The molecule has 1 aliphatic rings. The molecule has 4 heteroatoms. The van der Waals surface area contributed by atoms with Crippen LogP contribution in [0.5, 0.6) is 0 Å². The van der Waals surface area contributed by atoms with E-state index in [0.717, 1.165) is 0 Å². The summed E-state index contributed by atoms with van der Waals surface area (Å²) in [6.45, 7) is 11.0. The standard InChI is InChI=1S/C10H13N2O.CH3.U/c1-4-12-7(3)8(5-11)9-6(2)10(9)13;;/h3-6,9,12H,1,11H2,2H3;1H3;/q2*-1;+2/b8-5+;;. The molecule has 0 spiro atoms. The molecule has 0 amide bonds. The Balaban J connectivity index is 0. The monoisotopic (exact) mass is 430 g/mol. The third-order valence-electron chi connectivity index (χ3n) is 2.23. The Kier molecular flexibility index (Phi) is 7.82. The van der Waals surface area contributed by atoms with Crippen molar-refractivity contribution < 1.29 is 35.9 Å². The molecule has 3 nitrogen and oxygen atoms in total. The van der Waals surface area contributed by atoms with Gasteiger partial charge in [-0.05, 0) is 12.1 Å². The van der Waals surface area contributed by atoms with E-state index in [-0.39, 0.29) is 56.2 Å². The van der Waals surface area contributed by atoms with E-state index in [0.29, 0.717) is 11.3 Å². The second-order valence-electron chi connectivity index (χ2n) is 3.05. The second kappa shape index (κ2) is 6.92. The molecule has 1 saturated carbocycles. The molecule has 1 aliphatic carbocycles. The van der Waals surface area contributed by atoms with Crippen LogP contribution in [0.3, 0.4) is 0 Å². The number of carbonyl (C=O) groups is 1. The minimum absolute atomic E-state index is 0. The molecule has 0 saturated heterocycles. The van der Waals surface area contributed by atoms with Gasteiger partial charge in [-0.25, -0.2) is 0 Å². The van der Waals surface area contributed by atoms with Gasteiger partial charge >= 0.3 is 31.1 Å². The van der Waals surface area contributed by atoms with Crippen LogP contribution in [-0.2, 0) is 4.79 Å². The second-order valence-corrected chi connectivity index (χ2v) is 3.05. The fourth-order valence-corrected chi connectivity index (χ4v) is 1.34. The zero-order valence-electron chi connectivity index (χ0n) is 9.08. The van der Waals surface area contributed by atoms with Crippen molar-refractivity contribution >= 4 is 5.78 Å². The Morgan fingerprint density at radius 2 is 2.13 bits per heavy atom. The molecule has 0 heterocycles. The van der Waals surface area contributed by atoms with E-state index >= 15 is 0 Å². The predicted octanol–water partition coefficient (Wildman–Crippen LogP) is 1.16. The number of carbonyl (C=O) groups excluding carboxylic acids is 1. The zero-order valence-corrected chi connectivity index (χ0v) is 13.2. The smallest absolute Gasteiger partial charge is 0.420 e. The van der Waals surface area contributed by atoms with Crippen molar-refractivity contribution in [2.75, 3.05) is 0 Å². The van der Waals surface area contributed by atoms with Gasteiger partial charge < -0.3 is 23.3 Å². The molecular formula is C11H16N2OU. The van der Waals surface area contributed by atoms with Crippen molar-refractivity contribution in [3.63, 3.8) is 0 Å². The van der Waals surface area contributed by atoms with Crippen LogP contribution in [0.1, 0.15) is 6.92 Å². The van der Waals surface area contributed by atoms with Gasteiger partial charge in [0, 0.05) is 5.92 Å². The van der Waals surface area contributed by atoms with Gasteiger partial charge in [0.05, 0.1) is 0 Å². The van der Waals surface area contributed by atoms with E-state index in [9.17, 15) is 4.79 Å². The summed E-state index contributed by atoms with van der Waals surface area (Å²) in [4.78, 5) is 11.1. The molecule has 80 valence electrons. The fraction of sp³-hybridized carbons (Fsp3) is 0.273. The number of allylic oxidation sites excluding steroid dienone is 1. The third kappa shape index (κ3) is 3.55. The maximum absolute atomic E-state index is 11.1. The maximum Gasteiger partial charge on any atom is 2.00 e. The van der Waals surface area contributed by atoms with Crippen LogP contribution in [0.15, 0.2) is 30.2 Å². The van der Waals surface area contributed by atoms with Crippen molar-refractivity contribution in [3.05, 3.63) is 44.3 Å². The number of rotatable bonds is 4. The largest absolute Gasteiger partial charge is 2.00 e. The molecule has 0 bridgehead atoms. The Morgan fingerprint density at radius 1 is 1.67 bits per heavy atom. The average Bonchev–Trinajstić information content (AvgIpc) is 2.65. The third-order valence-corrected chi connectivity index (χ3v) is 2.23. The molecule has 0 aromatic heterocycles. The van der Waals surface area contributed by atoms with Gasteiger partial charge in [-0.1, -0.05) is 19.7 Å². The number of hydrogen-bond donors (Lipinski definition) is 2. The molecule has 2 unspecified atom stereocenters. The summed E-state index contributed by atoms with van der Waals surface area (Å²) in [6, 6.07) is 0. The summed E-state index contributed by atoms with van der Waals surface area (Å²) in [7, 11) is 0. The van der Waals surface area contributed by atoms with Crippen LogP contribution in [-0.4, -0.2) is 5.78 Å². The van der Waals surface area contributed by atoms with E-state index < -0.39 is 0 Å². The minimum atomic E-state index is -0.127. The molecule has 0 aliphatic heterocycles. The number of Topliss-reactive ketones (excluding diaryl/α,β-unsaturated/α-hetero) is 1. The number of hydrogen-bond acceptors (Lipinski definition) is 3. The molecular weight excluding hydrogens is 414 g/mol. The maximum atomic E-state index is 11.1. The number of nitrogens with one attached hydrogen (secondary N) is 1. The topological polar surface area (TPSA) is 55.1 Å². The molecule has 0 radical (unpaired) electrons. The van der Waals surface area contributed by atoms with Gasteiger partial charge in [0.2, 0.25) is 0 Å². The van der Waals surface area contributed by atoms with Gasteiger partial charge in [-0.15, -0.1) is 11.3 Å². The SMILES string of the molecule is [CH-]=C(NC=C)/C(=C\N)C1C(=O)C1C.[CH3-].[U+2]. The van der Waals surface area contributed by atoms with Gasteiger partial charge in [0.1, 0.15) is 5.78 Å². The minimum Gasteiger partial charge on any atom is -0.420 e. The summed E-state index contributed by atoms with van der Waals surface area (Å²) >= 11 is 0. The van der Waals surface area contributed by atoms with E-state index in [4.69, 9.17) is 12.3 Å². The van der Waals surface area contributed by atoms with Crippen LogP contribution in [0.4, 0.5) is 0 Å². The van der Waals surface area contributed by atoms with Crippen molar-refractivity contribution in [2.24, 2.45) is 17.6 Å². The van der Waals surface area contributed by atoms with Crippen molar-refractivity contribution in [2.45, 2.75) is 6.92 Å². The first-order valence-electron chi connectivity index (χ1n) is 4.09. The summed E-state index contributed by atoms with van der Waals surface area (Å²) in [5, 5.41) is 2.72. The molecule has 0 aromatic rings. The Morgan fingerprint density at radius 3 is 2.40 bits per heavy atom. The van der Waals surface area contributed by atoms with Crippen molar-refractivity contribution in [1.82, 2.24) is 5.32 Å². The fourth-order valence-electron chi connectivity index (χ4n) is 1.34. The van der Waals surface area contributed by atoms with Gasteiger partial charge in [-0.3, -0.25) is 6.58 Å². The number of ketones is 1. The zero-order chi connectivity index (χ0) is 10.0. The van der Waals surface area contributed by atoms with E-state index in [1.807, 2.05) is 6.92 Å². The van der Waals surface area contributed by atoms with E-state index in [2.05, 4.69) is 11.9 Å². The molecule has 3 N–H and O–H groups in total. The van der Waals surface area contributed by atoms with Crippen molar-refractivity contribution in [3.8, 4) is 0 Å². The van der Waals surface area contributed by atoms with E-state index in [1.54, 1.807) is 0 Å². The quantitative estimate of drug-likeness (QED) is 0.520. The summed E-state index contributed by atoms with van der Waals surface area (Å²) in [5.74, 6) is 0.0999. The van der Waals surface area contributed by atoms with Crippen LogP contribution < -0.4 is 11.1 Å². The summed E-state index contributed by atoms with van der Waals surface area (Å²) < 4.78 is 0. The first-order valence-corrected chi connectivity index (χ1v) is 4.09. The molecule has 15 heavy (non-hydrogen) atoms. The first-order chi connectivity index (χ1) is 6.13. The van der Waals surface area contributed by atoms with Gasteiger partial charge in [0.15, 0.2) is 0 Å². The Labute approximate surface area is 115 Å². The normalized spacial score (nSPS) is 23.3. The van der Waals surface area contributed by atoms with Crippen molar-refractivity contribution in [1.29, 1.82) is 0 Å². The van der Waals surface area contributed by atoms with Crippen LogP contribution in [0.25, 0.3) is 0 Å². The molecule has 1 fully saturated rings. The van der Waals surface area contributed by atoms with Crippen LogP contribution >= 0.6 is 0 Å². The molecule has 0 aromatic carbocycles. The van der Waals surface area contributed by atoms with Crippen LogP contribution in [0, 0.1) is 57.0 Å². The van der Waals surface area contributed by atoms with Crippen LogP contribution in [0.2, 0.25) is 0 Å². The predicted molar refractivity (Wildman–Crippen MR) is 57.5 cm³/mol.